The highest BCUT2D eigenvalue weighted by atomic mass is 19.4. The molecule has 3 nitrogen and oxygen atoms in total. The molecule has 4 rings (SSSR count). The molecule has 168 valence electrons. The monoisotopic (exact) mass is 444 g/mol. The molecule has 2 aromatic carbocycles. The highest BCUT2D eigenvalue weighted by Gasteiger charge is 2.71. The maximum Gasteiger partial charge on any atom is 0.430 e. The maximum absolute atomic E-state index is 13.0. The molecule has 0 aliphatic carbocycles. The van der Waals surface area contributed by atoms with E-state index in [2.05, 4.69) is 10.2 Å². The molecule has 2 aliphatic heterocycles. The Labute approximate surface area is 175 Å². The zero-order chi connectivity index (χ0) is 22.4. The molecule has 2 heterocycles. The van der Waals surface area contributed by atoms with Gasteiger partial charge in [0.05, 0.1) is 0 Å². The summed E-state index contributed by atoms with van der Waals surface area (Å²) in [5.74, 6) is 0. The van der Waals surface area contributed by atoms with Gasteiger partial charge in [0.25, 0.3) is 5.60 Å². The maximum atomic E-state index is 13.0. The fourth-order valence-corrected chi connectivity index (χ4v) is 4.53. The number of piperazine rings is 1. The number of alkyl halides is 6. The van der Waals surface area contributed by atoms with Crippen molar-refractivity contribution in [3.63, 3.8) is 0 Å². The molecule has 2 N–H and O–H groups in total. The average molecular weight is 444 g/mol. The van der Waals surface area contributed by atoms with Crippen molar-refractivity contribution >= 4 is 0 Å². The Hall–Kier alpha value is -2.10. The van der Waals surface area contributed by atoms with Crippen LogP contribution in [0.1, 0.15) is 24.0 Å². The summed E-state index contributed by atoms with van der Waals surface area (Å²) >= 11 is 0. The van der Waals surface area contributed by atoms with E-state index in [-0.39, 0.29) is 0 Å². The number of nitrogens with zero attached hydrogens (tertiary/aromatic N) is 1. The van der Waals surface area contributed by atoms with Crippen molar-refractivity contribution in [1.82, 2.24) is 10.2 Å². The minimum Gasteiger partial charge on any atom is -0.369 e. The molecule has 2 fully saturated rings. The number of rotatable bonds is 4. The number of nitrogens with one attached hydrogen (secondary N) is 1. The van der Waals surface area contributed by atoms with Gasteiger partial charge in [-0.2, -0.15) is 26.3 Å². The number of fused-ring (bicyclic) bond motifs is 2. The molecule has 2 aromatic rings. The molecule has 2 saturated heterocycles. The zero-order valence-electron chi connectivity index (χ0n) is 16.5. The fourth-order valence-electron chi connectivity index (χ4n) is 4.53. The van der Waals surface area contributed by atoms with Crippen molar-refractivity contribution in [1.29, 1.82) is 0 Å². The van der Waals surface area contributed by atoms with Gasteiger partial charge in [-0.05, 0) is 29.5 Å². The molecule has 0 saturated carbocycles. The first-order valence-electron chi connectivity index (χ1n) is 10.0. The lowest BCUT2D eigenvalue weighted by Gasteiger charge is -2.35. The first-order chi connectivity index (χ1) is 14.5. The van der Waals surface area contributed by atoms with E-state index in [1.165, 1.54) is 12.8 Å². The summed E-state index contributed by atoms with van der Waals surface area (Å²) in [6.45, 7) is 2.76. The Balaban J connectivity index is 1.52. The van der Waals surface area contributed by atoms with E-state index in [0.717, 1.165) is 37.3 Å². The number of benzene rings is 2. The van der Waals surface area contributed by atoms with Crippen molar-refractivity contribution in [2.75, 3.05) is 13.1 Å². The largest absolute Gasteiger partial charge is 0.430 e. The smallest absolute Gasteiger partial charge is 0.369 e. The number of aliphatic hydroxyl groups is 1. The van der Waals surface area contributed by atoms with E-state index in [9.17, 15) is 31.4 Å². The van der Waals surface area contributed by atoms with Crippen molar-refractivity contribution in [2.24, 2.45) is 0 Å². The number of halogens is 6. The summed E-state index contributed by atoms with van der Waals surface area (Å²) in [6.07, 6.45) is -9.44. The third kappa shape index (κ3) is 3.94. The van der Waals surface area contributed by atoms with Gasteiger partial charge in [-0.15, -0.1) is 0 Å². The molecule has 0 amide bonds. The SMILES string of the molecule is OC(c1ccc(-c2ccc(CN3C4CCC3CNC4)cc2)cc1)(C(F)(F)F)C(F)(F)F. The summed E-state index contributed by atoms with van der Waals surface area (Å²) in [4.78, 5) is 2.48. The summed E-state index contributed by atoms with van der Waals surface area (Å²) in [5, 5.41) is 12.9. The van der Waals surface area contributed by atoms with Crippen LogP contribution < -0.4 is 5.32 Å². The van der Waals surface area contributed by atoms with Crippen molar-refractivity contribution < 1.29 is 31.4 Å². The van der Waals surface area contributed by atoms with Gasteiger partial charge in [-0.1, -0.05) is 48.5 Å². The lowest BCUT2D eigenvalue weighted by molar-refractivity contribution is -0.376. The second-order valence-corrected chi connectivity index (χ2v) is 8.20. The average Bonchev–Trinajstić information content (AvgIpc) is 2.93. The van der Waals surface area contributed by atoms with Crippen LogP contribution in [0.5, 0.6) is 0 Å². The molecule has 0 aromatic heterocycles. The lowest BCUT2D eigenvalue weighted by atomic mass is 9.90. The first-order valence-corrected chi connectivity index (χ1v) is 10.0. The van der Waals surface area contributed by atoms with Crippen molar-refractivity contribution in [3.05, 3.63) is 59.7 Å². The van der Waals surface area contributed by atoms with Gasteiger partial charge in [0.15, 0.2) is 0 Å². The molecular weight excluding hydrogens is 422 g/mol. The minimum atomic E-state index is -5.89. The van der Waals surface area contributed by atoms with E-state index < -0.39 is 23.5 Å². The van der Waals surface area contributed by atoms with Gasteiger partial charge in [-0.3, -0.25) is 4.90 Å². The van der Waals surface area contributed by atoms with Crippen LogP contribution in [0.25, 0.3) is 11.1 Å². The molecule has 2 aliphatic rings. The van der Waals surface area contributed by atoms with Crippen LogP contribution in [0.15, 0.2) is 48.5 Å². The molecule has 0 spiro atoms. The van der Waals surface area contributed by atoms with Gasteiger partial charge >= 0.3 is 12.4 Å². The highest BCUT2D eigenvalue weighted by Crippen LogP contribution is 2.50. The predicted octanol–water partition coefficient (Wildman–Crippen LogP) is 4.60. The van der Waals surface area contributed by atoms with Gasteiger partial charge < -0.3 is 10.4 Å². The van der Waals surface area contributed by atoms with Crippen LogP contribution in [0.3, 0.4) is 0 Å². The summed E-state index contributed by atoms with van der Waals surface area (Å²) in [6, 6.07) is 12.1. The molecule has 2 bridgehead atoms. The van der Waals surface area contributed by atoms with Gasteiger partial charge in [-0.25, -0.2) is 0 Å². The first kappa shape index (κ1) is 22.1. The molecule has 9 heteroatoms. The van der Waals surface area contributed by atoms with Crippen LogP contribution in [0.4, 0.5) is 26.3 Å². The van der Waals surface area contributed by atoms with E-state index in [1.54, 1.807) is 12.1 Å². The molecule has 0 radical (unpaired) electrons. The van der Waals surface area contributed by atoms with E-state index in [4.69, 9.17) is 0 Å². The van der Waals surface area contributed by atoms with Gasteiger partial charge in [0, 0.05) is 37.3 Å². The van der Waals surface area contributed by atoms with Crippen LogP contribution in [-0.4, -0.2) is 47.5 Å². The molecule has 31 heavy (non-hydrogen) atoms. The standard InChI is InChI=1S/C22H22F6N2O/c23-21(24,25)20(31,22(26,27)28)17-7-5-16(6-8-17)15-3-1-14(2-4-15)13-30-18-9-10-19(30)12-29-11-18/h1-8,18-19,29,31H,9-13H2. The van der Waals surface area contributed by atoms with E-state index in [1.807, 2.05) is 12.1 Å². The van der Waals surface area contributed by atoms with Crippen LogP contribution in [0, 0.1) is 0 Å². The van der Waals surface area contributed by atoms with E-state index in [0.29, 0.717) is 35.3 Å². The normalized spacial score (nSPS) is 22.7. The Bertz CT molecular complexity index is 878. The third-order valence-corrected chi connectivity index (χ3v) is 6.31. The number of hydrogen-bond acceptors (Lipinski definition) is 3. The van der Waals surface area contributed by atoms with Crippen molar-refractivity contribution in [2.45, 2.75) is 49.4 Å². The van der Waals surface area contributed by atoms with Crippen LogP contribution >= 0.6 is 0 Å². The van der Waals surface area contributed by atoms with Gasteiger partial charge in [0.1, 0.15) is 0 Å². The summed E-state index contributed by atoms with van der Waals surface area (Å²) < 4.78 is 78.2. The Morgan fingerprint density at radius 1 is 0.774 bits per heavy atom. The molecule has 2 unspecified atom stereocenters. The minimum absolute atomic E-state index is 0.462. The third-order valence-electron chi connectivity index (χ3n) is 6.31. The fraction of sp³-hybridized carbons (Fsp3) is 0.455. The Kier molecular flexibility index (Phi) is 5.56. The highest BCUT2D eigenvalue weighted by molar-refractivity contribution is 5.64. The molecular formula is C22H22F6N2O. The topological polar surface area (TPSA) is 35.5 Å². The molecule has 2 atom stereocenters. The van der Waals surface area contributed by atoms with Crippen molar-refractivity contribution in [3.8, 4) is 11.1 Å². The number of hydrogen-bond donors (Lipinski definition) is 2. The summed E-state index contributed by atoms with van der Waals surface area (Å²) in [7, 11) is 0. The predicted molar refractivity (Wildman–Crippen MR) is 103 cm³/mol. The Morgan fingerprint density at radius 2 is 1.23 bits per heavy atom. The quantitative estimate of drug-likeness (QED) is 0.677. The lowest BCUT2D eigenvalue weighted by Crippen LogP contribution is -2.53. The van der Waals surface area contributed by atoms with Crippen LogP contribution in [0.2, 0.25) is 0 Å². The van der Waals surface area contributed by atoms with Crippen LogP contribution in [-0.2, 0) is 12.1 Å². The second-order valence-electron chi connectivity index (χ2n) is 8.20. The van der Waals surface area contributed by atoms with Gasteiger partial charge in [0.2, 0.25) is 0 Å². The second kappa shape index (κ2) is 7.79. The summed E-state index contributed by atoms with van der Waals surface area (Å²) in [5.41, 5.74) is -3.94. The zero-order valence-corrected chi connectivity index (χ0v) is 16.5. The Morgan fingerprint density at radius 3 is 1.68 bits per heavy atom. The van der Waals surface area contributed by atoms with E-state index >= 15 is 0 Å².